The van der Waals surface area contributed by atoms with Crippen molar-refractivity contribution in [1.82, 2.24) is 9.88 Å². The van der Waals surface area contributed by atoms with Gasteiger partial charge in [0.1, 0.15) is 0 Å². The van der Waals surface area contributed by atoms with Crippen molar-refractivity contribution in [3.05, 3.63) is 23.9 Å². The van der Waals surface area contributed by atoms with Crippen LogP contribution in [-0.4, -0.2) is 36.6 Å². The highest BCUT2D eigenvalue weighted by Crippen LogP contribution is 2.21. The fourth-order valence-corrected chi connectivity index (χ4v) is 2.35. The van der Waals surface area contributed by atoms with Gasteiger partial charge < -0.3 is 10.5 Å². The molecule has 0 spiro atoms. The minimum absolute atomic E-state index is 0.710. The number of hydrogen-bond donors (Lipinski definition) is 1. The standard InChI is InChI=1S/C13H21N3O/c1-17-13-12(3-2-6-15-13)10-16-7-4-11(9-14)5-8-16/h2-3,6,11H,4-5,7-10,14H2,1H3. The van der Waals surface area contributed by atoms with Crippen molar-refractivity contribution in [2.75, 3.05) is 26.7 Å². The molecule has 0 atom stereocenters. The summed E-state index contributed by atoms with van der Waals surface area (Å²) >= 11 is 0. The van der Waals surface area contributed by atoms with E-state index in [4.69, 9.17) is 10.5 Å². The Morgan fingerprint density at radius 3 is 2.88 bits per heavy atom. The maximum atomic E-state index is 5.70. The lowest BCUT2D eigenvalue weighted by Crippen LogP contribution is -2.35. The molecule has 0 amide bonds. The summed E-state index contributed by atoms with van der Waals surface area (Å²) in [4.78, 5) is 6.67. The Morgan fingerprint density at radius 2 is 2.24 bits per heavy atom. The smallest absolute Gasteiger partial charge is 0.217 e. The molecule has 0 saturated carbocycles. The minimum atomic E-state index is 0.710. The number of ether oxygens (including phenoxy) is 1. The van der Waals surface area contributed by atoms with Gasteiger partial charge in [-0.1, -0.05) is 6.07 Å². The lowest BCUT2D eigenvalue weighted by atomic mass is 9.97. The van der Waals surface area contributed by atoms with Crippen LogP contribution in [-0.2, 0) is 6.54 Å². The van der Waals surface area contributed by atoms with E-state index >= 15 is 0 Å². The molecule has 4 nitrogen and oxygen atoms in total. The molecule has 1 aliphatic heterocycles. The van der Waals surface area contributed by atoms with Crippen LogP contribution in [0.3, 0.4) is 0 Å². The monoisotopic (exact) mass is 235 g/mol. The Hall–Kier alpha value is -1.13. The van der Waals surface area contributed by atoms with E-state index in [2.05, 4.69) is 16.0 Å². The second-order valence-corrected chi connectivity index (χ2v) is 4.63. The van der Waals surface area contributed by atoms with Crippen LogP contribution >= 0.6 is 0 Å². The Bertz CT molecular complexity index is 348. The lowest BCUT2D eigenvalue weighted by molar-refractivity contribution is 0.178. The first-order valence-corrected chi connectivity index (χ1v) is 6.23. The van der Waals surface area contributed by atoms with Crippen LogP contribution < -0.4 is 10.5 Å². The normalized spacial score (nSPS) is 18.2. The van der Waals surface area contributed by atoms with Gasteiger partial charge in [-0.3, -0.25) is 4.90 Å². The maximum absolute atomic E-state index is 5.70. The number of likely N-dealkylation sites (tertiary alicyclic amines) is 1. The molecule has 2 N–H and O–H groups in total. The quantitative estimate of drug-likeness (QED) is 0.853. The number of rotatable bonds is 4. The number of hydrogen-bond acceptors (Lipinski definition) is 4. The SMILES string of the molecule is COc1ncccc1CN1CCC(CN)CC1. The molecule has 1 aliphatic rings. The topological polar surface area (TPSA) is 51.4 Å². The highest BCUT2D eigenvalue weighted by atomic mass is 16.5. The first-order chi connectivity index (χ1) is 8.33. The van der Waals surface area contributed by atoms with Crippen LogP contribution in [0.15, 0.2) is 18.3 Å². The molecule has 0 aliphatic carbocycles. The van der Waals surface area contributed by atoms with E-state index in [1.807, 2.05) is 6.07 Å². The third-order valence-electron chi connectivity index (χ3n) is 3.48. The first kappa shape index (κ1) is 12.3. The molecular formula is C13H21N3O. The third kappa shape index (κ3) is 3.17. The van der Waals surface area contributed by atoms with Gasteiger partial charge in [-0.15, -0.1) is 0 Å². The van der Waals surface area contributed by atoms with Crippen molar-refractivity contribution in [3.63, 3.8) is 0 Å². The van der Waals surface area contributed by atoms with E-state index in [0.717, 1.165) is 32.1 Å². The van der Waals surface area contributed by atoms with Crippen molar-refractivity contribution in [3.8, 4) is 5.88 Å². The largest absolute Gasteiger partial charge is 0.481 e. The molecule has 0 unspecified atom stereocenters. The van der Waals surface area contributed by atoms with E-state index in [-0.39, 0.29) is 0 Å². The van der Waals surface area contributed by atoms with Crippen LogP contribution in [0.2, 0.25) is 0 Å². The molecule has 17 heavy (non-hydrogen) atoms. The van der Waals surface area contributed by atoms with E-state index in [9.17, 15) is 0 Å². The highest BCUT2D eigenvalue weighted by molar-refractivity contribution is 5.25. The second kappa shape index (κ2) is 5.98. The van der Waals surface area contributed by atoms with E-state index < -0.39 is 0 Å². The molecule has 1 aromatic heterocycles. The molecular weight excluding hydrogens is 214 g/mol. The summed E-state index contributed by atoms with van der Waals surface area (Å²) in [6, 6.07) is 4.05. The van der Waals surface area contributed by atoms with Gasteiger partial charge in [0.2, 0.25) is 5.88 Å². The molecule has 1 fully saturated rings. The van der Waals surface area contributed by atoms with Gasteiger partial charge in [0, 0.05) is 18.3 Å². The summed E-state index contributed by atoms with van der Waals surface area (Å²) in [7, 11) is 1.67. The average molecular weight is 235 g/mol. The summed E-state index contributed by atoms with van der Waals surface area (Å²) in [5.41, 5.74) is 6.87. The Balaban J connectivity index is 1.93. The highest BCUT2D eigenvalue weighted by Gasteiger charge is 2.19. The van der Waals surface area contributed by atoms with Crippen LogP contribution in [0, 0.1) is 5.92 Å². The third-order valence-corrected chi connectivity index (χ3v) is 3.48. The van der Waals surface area contributed by atoms with Gasteiger partial charge in [0.15, 0.2) is 0 Å². The summed E-state index contributed by atoms with van der Waals surface area (Å²) in [5.74, 6) is 1.45. The fourth-order valence-electron chi connectivity index (χ4n) is 2.35. The predicted molar refractivity (Wildman–Crippen MR) is 67.8 cm³/mol. The second-order valence-electron chi connectivity index (χ2n) is 4.63. The van der Waals surface area contributed by atoms with Crippen LogP contribution in [0.5, 0.6) is 5.88 Å². The summed E-state index contributed by atoms with van der Waals surface area (Å²) < 4.78 is 5.27. The van der Waals surface area contributed by atoms with E-state index in [0.29, 0.717) is 5.92 Å². The van der Waals surface area contributed by atoms with Gasteiger partial charge in [0.25, 0.3) is 0 Å². The zero-order valence-electron chi connectivity index (χ0n) is 10.4. The van der Waals surface area contributed by atoms with Gasteiger partial charge in [-0.2, -0.15) is 0 Å². The molecule has 2 heterocycles. The molecule has 0 bridgehead atoms. The van der Waals surface area contributed by atoms with Crippen molar-refractivity contribution in [2.24, 2.45) is 11.7 Å². The molecule has 0 radical (unpaired) electrons. The predicted octanol–water partition coefficient (Wildman–Crippen LogP) is 1.26. The molecule has 1 aromatic rings. The Labute approximate surface area is 103 Å². The van der Waals surface area contributed by atoms with Crippen LogP contribution in [0.4, 0.5) is 0 Å². The van der Waals surface area contributed by atoms with E-state index in [1.54, 1.807) is 13.3 Å². The molecule has 1 saturated heterocycles. The molecule has 0 aromatic carbocycles. The van der Waals surface area contributed by atoms with Crippen molar-refractivity contribution in [1.29, 1.82) is 0 Å². The number of nitrogens with two attached hydrogens (primary N) is 1. The van der Waals surface area contributed by atoms with Crippen molar-refractivity contribution in [2.45, 2.75) is 19.4 Å². The van der Waals surface area contributed by atoms with Crippen LogP contribution in [0.1, 0.15) is 18.4 Å². The Morgan fingerprint density at radius 1 is 1.47 bits per heavy atom. The first-order valence-electron chi connectivity index (χ1n) is 6.23. The number of piperidine rings is 1. The van der Waals surface area contributed by atoms with Crippen molar-refractivity contribution >= 4 is 0 Å². The number of pyridine rings is 1. The number of aromatic nitrogens is 1. The van der Waals surface area contributed by atoms with Gasteiger partial charge in [-0.05, 0) is 44.5 Å². The summed E-state index contributed by atoms with van der Waals surface area (Å²) in [6.07, 6.45) is 4.18. The molecule has 4 heteroatoms. The fraction of sp³-hybridized carbons (Fsp3) is 0.615. The minimum Gasteiger partial charge on any atom is -0.481 e. The Kier molecular flexibility index (Phi) is 4.34. The van der Waals surface area contributed by atoms with E-state index in [1.165, 1.54) is 18.4 Å². The lowest BCUT2D eigenvalue weighted by Gasteiger charge is -2.31. The van der Waals surface area contributed by atoms with Gasteiger partial charge >= 0.3 is 0 Å². The van der Waals surface area contributed by atoms with Gasteiger partial charge in [0.05, 0.1) is 7.11 Å². The molecule has 2 rings (SSSR count). The summed E-state index contributed by atoms with van der Waals surface area (Å²) in [6.45, 7) is 4.00. The average Bonchev–Trinajstić information content (AvgIpc) is 2.40. The summed E-state index contributed by atoms with van der Waals surface area (Å²) in [5, 5.41) is 0. The maximum Gasteiger partial charge on any atom is 0.217 e. The zero-order chi connectivity index (χ0) is 12.1. The van der Waals surface area contributed by atoms with Gasteiger partial charge in [-0.25, -0.2) is 4.98 Å². The van der Waals surface area contributed by atoms with Crippen molar-refractivity contribution < 1.29 is 4.74 Å². The number of nitrogens with zero attached hydrogens (tertiary/aromatic N) is 2. The zero-order valence-corrected chi connectivity index (χ0v) is 10.4. The molecule has 94 valence electrons. The number of methoxy groups -OCH3 is 1. The van der Waals surface area contributed by atoms with Crippen LogP contribution in [0.25, 0.3) is 0 Å².